The third kappa shape index (κ3) is 5.18. The molecular formula is C31H26N2O2. The Labute approximate surface area is 205 Å². The number of aromatic amines is 2. The van der Waals surface area contributed by atoms with E-state index in [-0.39, 0.29) is 18.0 Å². The van der Waals surface area contributed by atoms with E-state index in [0.717, 1.165) is 33.6 Å². The summed E-state index contributed by atoms with van der Waals surface area (Å²) in [6, 6.07) is 19.2. The van der Waals surface area contributed by atoms with Crippen LogP contribution in [0.15, 0.2) is 60.7 Å². The molecule has 0 bridgehead atoms. The summed E-state index contributed by atoms with van der Waals surface area (Å²) in [6.45, 7) is 7.65. The molecule has 0 aliphatic heterocycles. The highest BCUT2D eigenvalue weighted by Gasteiger charge is 2.23. The molecule has 4 nitrogen and oxygen atoms in total. The van der Waals surface area contributed by atoms with Crippen molar-refractivity contribution >= 4 is 11.6 Å². The number of Topliss-reactive ketones (excluding diaryl/α,β-unsaturated/α-hetero) is 2. The molecule has 4 rings (SSSR count). The molecule has 0 radical (unpaired) electrons. The van der Waals surface area contributed by atoms with Gasteiger partial charge in [-0.15, -0.1) is 0 Å². The Bertz CT molecular complexity index is 1410. The number of carbonyl (C=O) groups excluding carboxylic acids is 2. The van der Waals surface area contributed by atoms with Crippen LogP contribution in [0.1, 0.15) is 72.2 Å². The molecule has 0 amide bonds. The lowest BCUT2D eigenvalue weighted by Gasteiger charge is -2.01. The second-order valence-corrected chi connectivity index (χ2v) is 8.51. The monoisotopic (exact) mass is 458 g/mol. The van der Waals surface area contributed by atoms with E-state index in [2.05, 4.69) is 33.6 Å². The van der Waals surface area contributed by atoms with Gasteiger partial charge in [0.15, 0.2) is 11.6 Å². The maximum absolute atomic E-state index is 13.2. The zero-order chi connectivity index (χ0) is 24.9. The lowest BCUT2D eigenvalue weighted by atomic mass is 10.0. The number of aryl methyl sites for hydroxylation is 2. The predicted molar refractivity (Wildman–Crippen MR) is 139 cm³/mol. The Balaban J connectivity index is 1.63. The van der Waals surface area contributed by atoms with Gasteiger partial charge in [-0.05, 0) is 63.1 Å². The standard InChI is InChI=1S/C31H26N2O2/c1-20-22(3)32-30(26(20)17-15-24-11-7-5-8-12-24)28(34)19-29(35)31-27(21(2)23(4)33-31)18-16-25-13-9-6-10-14-25/h5-14,32-33H,19H2,1-4H3. The Kier molecular flexibility index (Phi) is 6.86. The summed E-state index contributed by atoms with van der Waals surface area (Å²) in [5.41, 5.74) is 7.26. The summed E-state index contributed by atoms with van der Waals surface area (Å²) < 4.78 is 0. The Morgan fingerprint density at radius 2 is 0.971 bits per heavy atom. The van der Waals surface area contributed by atoms with Gasteiger partial charge in [-0.3, -0.25) is 9.59 Å². The van der Waals surface area contributed by atoms with Gasteiger partial charge in [0, 0.05) is 22.5 Å². The van der Waals surface area contributed by atoms with Gasteiger partial charge in [0.05, 0.1) is 28.9 Å². The predicted octanol–water partition coefficient (Wildman–Crippen LogP) is 5.83. The minimum Gasteiger partial charge on any atom is -0.355 e. The van der Waals surface area contributed by atoms with Crippen LogP contribution in [0, 0.1) is 51.4 Å². The molecule has 2 heterocycles. The average Bonchev–Trinajstić information content (AvgIpc) is 3.32. The number of ketones is 2. The second kappa shape index (κ2) is 10.2. The highest BCUT2D eigenvalue weighted by atomic mass is 16.1. The van der Waals surface area contributed by atoms with Crippen LogP contribution >= 0.6 is 0 Å². The first-order chi connectivity index (χ1) is 16.8. The molecule has 4 heteroatoms. The van der Waals surface area contributed by atoms with Crippen molar-refractivity contribution in [2.24, 2.45) is 0 Å². The van der Waals surface area contributed by atoms with Crippen LogP contribution in [0.2, 0.25) is 0 Å². The molecule has 0 aliphatic rings. The van der Waals surface area contributed by atoms with Gasteiger partial charge in [0.1, 0.15) is 0 Å². The maximum atomic E-state index is 13.2. The van der Waals surface area contributed by atoms with Crippen LogP contribution in [0.25, 0.3) is 0 Å². The van der Waals surface area contributed by atoms with Gasteiger partial charge in [0.25, 0.3) is 0 Å². The van der Waals surface area contributed by atoms with Crippen molar-refractivity contribution in [1.82, 2.24) is 9.97 Å². The van der Waals surface area contributed by atoms with Crippen molar-refractivity contribution in [3.63, 3.8) is 0 Å². The fourth-order valence-corrected chi connectivity index (χ4v) is 3.80. The zero-order valence-corrected chi connectivity index (χ0v) is 20.3. The summed E-state index contributed by atoms with van der Waals surface area (Å²) in [6.07, 6.45) is -0.279. The molecule has 0 saturated heterocycles. The van der Waals surface area contributed by atoms with E-state index in [1.54, 1.807) is 0 Å². The van der Waals surface area contributed by atoms with Crippen molar-refractivity contribution in [1.29, 1.82) is 0 Å². The van der Waals surface area contributed by atoms with Crippen LogP contribution in [-0.4, -0.2) is 21.5 Å². The topological polar surface area (TPSA) is 65.7 Å². The van der Waals surface area contributed by atoms with Gasteiger partial charge in [-0.2, -0.15) is 0 Å². The highest BCUT2D eigenvalue weighted by molar-refractivity contribution is 6.14. The third-order valence-electron chi connectivity index (χ3n) is 6.09. The lowest BCUT2D eigenvalue weighted by molar-refractivity contribution is 0.0889. The molecule has 0 unspecified atom stereocenters. The average molecular weight is 459 g/mol. The van der Waals surface area contributed by atoms with Gasteiger partial charge >= 0.3 is 0 Å². The van der Waals surface area contributed by atoms with Crippen molar-refractivity contribution in [2.75, 3.05) is 0 Å². The van der Waals surface area contributed by atoms with E-state index in [1.165, 1.54) is 0 Å². The molecule has 35 heavy (non-hydrogen) atoms. The molecule has 0 atom stereocenters. The van der Waals surface area contributed by atoms with Crippen molar-refractivity contribution in [2.45, 2.75) is 34.1 Å². The fourth-order valence-electron chi connectivity index (χ4n) is 3.80. The first kappa shape index (κ1) is 23.6. The van der Waals surface area contributed by atoms with Gasteiger partial charge in [0.2, 0.25) is 0 Å². The summed E-state index contributed by atoms with van der Waals surface area (Å²) >= 11 is 0. The van der Waals surface area contributed by atoms with E-state index in [0.29, 0.717) is 22.5 Å². The molecule has 0 saturated carbocycles. The number of nitrogens with one attached hydrogen (secondary N) is 2. The summed E-state index contributed by atoms with van der Waals surface area (Å²) in [5, 5.41) is 0. The van der Waals surface area contributed by atoms with E-state index in [1.807, 2.05) is 88.4 Å². The van der Waals surface area contributed by atoms with Gasteiger partial charge in [-0.1, -0.05) is 60.1 Å². The number of H-pyrrole nitrogens is 2. The molecule has 2 aromatic heterocycles. The number of hydrogen-bond donors (Lipinski definition) is 2. The highest BCUT2D eigenvalue weighted by Crippen LogP contribution is 2.22. The van der Waals surface area contributed by atoms with Crippen LogP contribution in [0.4, 0.5) is 0 Å². The fraction of sp³-hybridized carbons (Fsp3) is 0.161. The lowest BCUT2D eigenvalue weighted by Crippen LogP contribution is -2.12. The molecule has 2 N–H and O–H groups in total. The Morgan fingerprint density at radius 3 is 1.34 bits per heavy atom. The van der Waals surface area contributed by atoms with Crippen LogP contribution in [0.3, 0.4) is 0 Å². The van der Waals surface area contributed by atoms with E-state index < -0.39 is 0 Å². The van der Waals surface area contributed by atoms with E-state index in [9.17, 15) is 9.59 Å². The summed E-state index contributed by atoms with van der Waals surface area (Å²) in [4.78, 5) is 32.8. The number of benzene rings is 2. The number of aromatic nitrogens is 2. The van der Waals surface area contributed by atoms with Crippen LogP contribution in [-0.2, 0) is 0 Å². The molecule has 0 aliphatic carbocycles. The molecule has 0 fully saturated rings. The normalized spacial score (nSPS) is 10.2. The van der Waals surface area contributed by atoms with Gasteiger partial charge in [-0.25, -0.2) is 0 Å². The second-order valence-electron chi connectivity index (χ2n) is 8.51. The first-order valence-corrected chi connectivity index (χ1v) is 11.4. The largest absolute Gasteiger partial charge is 0.355 e. The quantitative estimate of drug-likeness (QED) is 0.229. The minimum absolute atomic E-state index is 0.279. The number of carbonyl (C=O) groups is 2. The van der Waals surface area contributed by atoms with Crippen LogP contribution < -0.4 is 0 Å². The molecule has 4 aromatic rings. The van der Waals surface area contributed by atoms with E-state index >= 15 is 0 Å². The van der Waals surface area contributed by atoms with Gasteiger partial charge < -0.3 is 9.97 Å². The first-order valence-electron chi connectivity index (χ1n) is 11.4. The summed E-state index contributed by atoms with van der Waals surface area (Å²) in [7, 11) is 0. The smallest absolute Gasteiger partial charge is 0.188 e. The number of rotatable bonds is 4. The molecule has 2 aromatic carbocycles. The SMILES string of the molecule is Cc1[nH]c(C(=O)CC(=O)c2[nH]c(C)c(C)c2C#Cc2ccccc2)c(C#Cc2ccccc2)c1C. The Morgan fingerprint density at radius 1 is 0.600 bits per heavy atom. The number of hydrogen-bond acceptors (Lipinski definition) is 2. The Hall–Kier alpha value is -4.54. The molecular weight excluding hydrogens is 432 g/mol. The minimum atomic E-state index is -0.296. The third-order valence-corrected chi connectivity index (χ3v) is 6.09. The van der Waals surface area contributed by atoms with Crippen LogP contribution in [0.5, 0.6) is 0 Å². The van der Waals surface area contributed by atoms with Crippen molar-refractivity contribution in [3.05, 3.63) is 117 Å². The van der Waals surface area contributed by atoms with Crippen molar-refractivity contribution in [3.8, 4) is 23.7 Å². The molecule has 0 spiro atoms. The summed E-state index contributed by atoms with van der Waals surface area (Å²) in [5.74, 6) is 11.9. The maximum Gasteiger partial charge on any atom is 0.188 e. The zero-order valence-electron chi connectivity index (χ0n) is 20.3. The molecule has 172 valence electrons. The van der Waals surface area contributed by atoms with Crippen molar-refractivity contribution < 1.29 is 9.59 Å². The van der Waals surface area contributed by atoms with E-state index in [4.69, 9.17) is 0 Å².